The fourth-order valence-electron chi connectivity index (χ4n) is 4.21. The van der Waals surface area contributed by atoms with Crippen LogP contribution in [0.5, 0.6) is 0 Å². The van der Waals surface area contributed by atoms with Gasteiger partial charge in [-0.3, -0.25) is 19.2 Å². The van der Waals surface area contributed by atoms with Gasteiger partial charge in [0.25, 0.3) is 5.56 Å². The number of benzene rings is 1. The Hall–Kier alpha value is -2.53. The third-order valence-corrected chi connectivity index (χ3v) is 5.80. The van der Waals surface area contributed by atoms with Gasteiger partial charge in [0.05, 0.1) is 16.9 Å². The Morgan fingerprint density at radius 2 is 1.96 bits per heavy atom. The molecule has 2 fully saturated rings. The standard InChI is InChI=1S/C22H24N4O/c27-22-18-6-1-2-7-19(18)24-21(26(22)15-16-9-10-16)20-8-4-12-25(20)14-17-5-3-11-23-13-17/h1-3,5-7,11,13,16,20H,4,8-10,12,14-15H2. The molecule has 0 bridgehead atoms. The highest BCUT2D eigenvalue weighted by Crippen LogP contribution is 2.35. The van der Waals surface area contributed by atoms with E-state index in [4.69, 9.17) is 4.98 Å². The van der Waals surface area contributed by atoms with E-state index in [1.165, 1.54) is 18.4 Å². The summed E-state index contributed by atoms with van der Waals surface area (Å²) in [6, 6.07) is 12.1. The maximum Gasteiger partial charge on any atom is 0.261 e. The molecule has 27 heavy (non-hydrogen) atoms. The van der Waals surface area contributed by atoms with Crippen LogP contribution in [0.25, 0.3) is 10.9 Å². The molecule has 5 heteroatoms. The monoisotopic (exact) mass is 360 g/mol. The van der Waals surface area contributed by atoms with Gasteiger partial charge in [0, 0.05) is 25.5 Å². The molecule has 1 aromatic carbocycles. The zero-order chi connectivity index (χ0) is 18.2. The van der Waals surface area contributed by atoms with Crippen LogP contribution in [0.2, 0.25) is 0 Å². The highest BCUT2D eigenvalue weighted by molar-refractivity contribution is 5.77. The predicted molar refractivity (Wildman–Crippen MR) is 105 cm³/mol. The van der Waals surface area contributed by atoms with Crippen molar-refractivity contribution in [2.24, 2.45) is 5.92 Å². The molecule has 1 aliphatic heterocycles. The number of pyridine rings is 1. The molecule has 2 aliphatic rings. The number of para-hydroxylation sites is 1. The molecule has 1 unspecified atom stereocenters. The summed E-state index contributed by atoms with van der Waals surface area (Å²) in [7, 11) is 0. The Balaban J connectivity index is 1.56. The third kappa shape index (κ3) is 3.28. The maximum absolute atomic E-state index is 13.2. The van der Waals surface area contributed by atoms with Gasteiger partial charge < -0.3 is 0 Å². The maximum atomic E-state index is 13.2. The summed E-state index contributed by atoms with van der Waals surface area (Å²) in [6.45, 7) is 2.69. The van der Waals surface area contributed by atoms with Crippen LogP contribution >= 0.6 is 0 Å². The zero-order valence-electron chi connectivity index (χ0n) is 15.4. The fraction of sp³-hybridized carbons (Fsp3) is 0.409. The Morgan fingerprint density at radius 3 is 2.78 bits per heavy atom. The summed E-state index contributed by atoms with van der Waals surface area (Å²) >= 11 is 0. The molecular weight excluding hydrogens is 336 g/mol. The highest BCUT2D eigenvalue weighted by Gasteiger charge is 2.32. The molecule has 138 valence electrons. The van der Waals surface area contributed by atoms with Crippen molar-refractivity contribution in [2.75, 3.05) is 6.54 Å². The molecule has 5 rings (SSSR count). The Morgan fingerprint density at radius 1 is 1.07 bits per heavy atom. The van der Waals surface area contributed by atoms with Crippen LogP contribution in [0.15, 0.2) is 53.6 Å². The minimum atomic E-state index is 0.121. The summed E-state index contributed by atoms with van der Waals surface area (Å²) in [5, 5.41) is 0.735. The molecule has 3 aromatic rings. The van der Waals surface area contributed by atoms with Gasteiger partial charge in [-0.05, 0) is 61.9 Å². The first-order chi connectivity index (χ1) is 13.3. The van der Waals surface area contributed by atoms with Crippen molar-refractivity contribution in [3.8, 4) is 0 Å². The van der Waals surface area contributed by atoms with E-state index in [-0.39, 0.29) is 11.6 Å². The van der Waals surface area contributed by atoms with Crippen molar-refractivity contribution in [1.29, 1.82) is 0 Å². The molecule has 0 N–H and O–H groups in total. The largest absolute Gasteiger partial charge is 0.295 e. The molecular formula is C22H24N4O. The molecule has 2 aromatic heterocycles. The van der Waals surface area contributed by atoms with E-state index in [0.29, 0.717) is 5.92 Å². The van der Waals surface area contributed by atoms with Crippen LogP contribution < -0.4 is 5.56 Å². The second kappa shape index (κ2) is 6.89. The summed E-state index contributed by atoms with van der Waals surface area (Å²) in [5.74, 6) is 1.59. The average Bonchev–Trinajstić information content (AvgIpc) is 3.41. The predicted octanol–water partition coefficient (Wildman–Crippen LogP) is 3.54. The molecule has 3 heterocycles. The fourth-order valence-corrected chi connectivity index (χ4v) is 4.21. The zero-order valence-corrected chi connectivity index (χ0v) is 15.4. The third-order valence-electron chi connectivity index (χ3n) is 5.80. The lowest BCUT2D eigenvalue weighted by atomic mass is 10.1. The lowest BCUT2D eigenvalue weighted by molar-refractivity contribution is 0.232. The van der Waals surface area contributed by atoms with Gasteiger partial charge >= 0.3 is 0 Å². The van der Waals surface area contributed by atoms with Gasteiger partial charge in [-0.25, -0.2) is 4.98 Å². The van der Waals surface area contributed by atoms with Crippen molar-refractivity contribution in [1.82, 2.24) is 19.4 Å². The van der Waals surface area contributed by atoms with Crippen LogP contribution in [-0.2, 0) is 13.1 Å². The number of aromatic nitrogens is 3. The van der Waals surface area contributed by atoms with Crippen molar-refractivity contribution in [2.45, 2.75) is 44.8 Å². The van der Waals surface area contributed by atoms with Gasteiger partial charge in [-0.1, -0.05) is 18.2 Å². The van der Waals surface area contributed by atoms with E-state index < -0.39 is 0 Å². The molecule has 1 atom stereocenters. The van der Waals surface area contributed by atoms with Crippen LogP contribution in [0, 0.1) is 5.92 Å². The number of nitrogens with zero attached hydrogens (tertiary/aromatic N) is 4. The lowest BCUT2D eigenvalue weighted by Gasteiger charge is -2.26. The van der Waals surface area contributed by atoms with Crippen molar-refractivity contribution >= 4 is 10.9 Å². The topological polar surface area (TPSA) is 51.0 Å². The molecule has 0 radical (unpaired) electrons. The number of rotatable bonds is 5. The quantitative estimate of drug-likeness (QED) is 0.698. The molecule has 0 amide bonds. The van der Waals surface area contributed by atoms with E-state index in [1.54, 1.807) is 0 Å². The van der Waals surface area contributed by atoms with E-state index >= 15 is 0 Å². The van der Waals surface area contributed by atoms with Gasteiger partial charge in [0.1, 0.15) is 5.82 Å². The van der Waals surface area contributed by atoms with Crippen molar-refractivity contribution < 1.29 is 0 Å². The Labute approximate surface area is 158 Å². The number of hydrogen-bond donors (Lipinski definition) is 0. The summed E-state index contributed by atoms with van der Waals surface area (Å²) in [4.78, 5) is 24.9. The van der Waals surface area contributed by atoms with Crippen molar-refractivity contribution in [3.63, 3.8) is 0 Å². The lowest BCUT2D eigenvalue weighted by Crippen LogP contribution is -2.32. The molecule has 1 saturated carbocycles. The Kier molecular flexibility index (Phi) is 4.24. The molecule has 5 nitrogen and oxygen atoms in total. The Bertz CT molecular complexity index is 1010. The normalized spacial score (nSPS) is 20.4. The summed E-state index contributed by atoms with van der Waals surface area (Å²) in [5.41, 5.74) is 2.15. The minimum Gasteiger partial charge on any atom is -0.295 e. The summed E-state index contributed by atoms with van der Waals surface area (Å²) < 4.78 is 1.98. The number of hydrogen-bond acceptors (Lipinski definition) is 4. The first kappa shape index (κ1) is 16.6. The van der Waals surface area contributed by atoms with Gasteiger partial charge in [0.15, 0.2) is 0 Å². The smallest absolute Gasteiger partial charge is 0.261 e. The summed E-state index contributed by atoms with van der Waals surface area (Å²) in [6.07, 6.45) is 8.38. The van der Waals surface area contributed by atoms with Crippen LogP contribution in [-0.4, -0.2) is 26.0 Å². The molecule has 1 saturated heterocycles. The minimum absolute atomic E-state index is 0.121. The first-order valence-corrected chi connectivity index (χ1v) is 9.92. The van der Waals surface area contributed by atoms with E-state index in [2.05, 4.69) is 16.0 Å². The van der Waals surface area contributed by atoms with E-state index in [0.717, 1.165) is 49.2 Å². The van der Waals surface area contributed by atoms with Gasteiger partial charge in [0.2, 0.25) is 0 Å². The van der Waals surface area contributed by atoms with E-state index in [1.807, 2.05) is 47.3 Å². The molecule has 1 aliphatic carbocycles. The van der Waals surface area contributed by atoms with Gasteiger partial charge in [-0.15, -0.1) is 0 Å². The number of fused-ring (bicyclic) bond motifs is 1. The highest BCUT2D eigenvalue weighted by atomic mass is 16.1. The number of likely N-dealkylation sites (tertiary alicyclic amines) is 1. The van der Waals surface area contributed by atoms with E-state index in [9.17, 15) is 4.79 Å². The van der Waals surface area contributed by atoms with Crippen LogP contribution in [0.4, 0.5) is 0 Å². The second-order valence-electron chi connectivity index (χ2n) is 7.84. The van der Waals surface area contributed by atoms with Crippen LogP contribution in [0.1, 0.15) is 43.1 Å². The molecule has 0 spiro atoms. The van der Waals surface area contributed by atoms with Crippen LogP contribution in [0.3, 0.4) is 0 Å². The van der Waals surface area contributed by atoms with Gasteiger partial charge in [-0.2, -0.15) is 0 Å². The second-order valence-corrected chi connectivity index (χ2v) is 7.84. The van der Waals surface area contributed by atoms with Crippen molar-refractivity contribution in [3.05, 3.63) is 70.5 Å². The SMILES string of the molecule is O=c1c2ccccc2nc(C2CCCN2Cc2cccnc2)n1CC1CC1. The first-order valence-electron chi connectivity index (χ1n) is 9.92. The average molecular weight is 360 g/mol.